The first-order valence-corrected chi connectivity index (χ1v) is 6.76. The van der Waals surface area contributed by atoms with Crippen molar-refractivity contribution in [3.8, 4) is 0 Å². The molecule has 1 atom stereocenters. The minimum atomic E-state index is -0.406. The van der Waals surface area contributed by atoms with Gasteiger partial charge < -0.3 is 15.0 Å². The molecule has 2 N–H and O–H groups in total. The minimum absolute atomic E-state index is 0.171. The fourth-order valence-corrected chi connectivity index (χ4v) is 1.49. The highest BCUT2D eigenvalue weighted by molar-refractivity contribution is 6.61. The SMILES string of the molecule is COB(OC(C)(C)C(C)C)c1cnn(C(C)CN)c1. The summed E-state index contributed by atoms with van der Waals surface area (Å²) in [6, 6.07) is 0.171. The first-order chi connectivity index (χ1) is 8.81. The normalized spacial score (nSPS) is 13.9. The van der Waals surface area contributed by atoms with Gasteiger partial charge >= 0.3 is 7.12 Å². The highest BCUT2D eigenvalue weighted by Crippen LogP contribution is 2.21. The van der Waals surface area contributed by atoms with Crippen molar-refractivity contribution in [3.63, 3.8) is 0 Å². The molecule has 0 saturated carbocycles. The minimum Gasteiger partial charge on any atom is -0.410 e. The quantitative estimate of drug-likeness (QED) is 0.754. The summed E-state index contributed by atoms with van der Waals surface area (Å²) < 4.78 is 13.3. The van der Waals surface area contributed by atoms with Crippen molar-refractivity contribution in [1.29, 1.82) is 0 Å². The molecule has 19 heavy (non-hydrogen) atoms. The van der Waals surface area contributed by atoms with E-state index in [9.17, 15) is 0 Å². The van der Waals surface area contributed by atoms with Crippen LogP contribution in [0.15, 0.2) is 12.4 Å². The lowest BCUT2D eigenvalue weighted by atomic mass is 9.79. The summed E-state index contributed by atoms with van der Waals surface area (Å²) >= 11 is 0. The molecule has 0 saturated heterocycles. The second-order valence-corrected chi connectivity index (χ2v) is 5.78. The van der Waals surface area contributed by atoms with Crippen molar-refractivity contribution in [2.24, 2.45) is 11.7 Å². The molecule has 1 aromatic rings. The molecular weight excluding hydrogens is 241 g/mol. The average Bonchev–Trinajstić information content (AvgIpc) is 2.84. The Morgan fingerprint density at radius 1 is 1.42 bits per heavy atom. The zero-order valence-electron chi connectivity index (χ0n) is 12.9. The number of aromatic nitrogens is 2. The highest BCUT2D eigenvalue weighted by Gasteiger charge is 2.32. The molecular formula is C13H26BN3O2. The first kappa shape index (κ1) is 16.2. The van der Waals surface area contributed by atoms with E-state index >= 15 is 0 Å². The lowest BCUT2D eigenvalue weighted by Crippen LogP contribution is -2.45. The van der Waals surface area contributed by atoms with E-state index in [1.165, 1.54) is 0 Å². The van der Waals surface area contributed by atoms with Crippen molar-refractivity contribution in [2.75, 3.05) is 13.7 Å². The molecule has 0 spiro atoms. The molecule has 0 aliphatic heterocycles. The summed E-state index contributed by atoms with van der Waals surface area (Å²) in [7, 11) is 1.24. The van der Waals surface area contributed by atoms with Gasteiger partial charge in [-0.2, -0.15) is 5.10 Å². The number of hydrogen-bond donors (Lipinski definition) is 1. The molecule has 0 amide bonds. The van der Waals surface area contributed by atoms with Crippen LogP contribution < -0.4 is 11.2 Å². The van der Waals surface area contributed by atoms with E-state index in [4.69, 9.17) is 15.0 Å². The Labute approximate surface area is 116 Å². The van der Waals surface area contributed by atoms with Gasteiger partial charge in [0.1, 0.15) is 0 Å². The molecule has 1 rings (SSSR count). The van der Waals surface area contributed by atoms with Crippen LogP contribution in [-0.2, 0) is 9.31 Å². The van der Waals surface area contributed by atoms with Gasteiger partial charge in [0.2, 0.25) is 0 Å². The molecule has 0 radical (unpaired) electrons. The second kappa shape index (κ2) is 6.54. The van der Waals surface area contributed by atoms with Gasteiger partial charge in [0, 0.05) is 31.5 Å². The zero-order chi connectivity index (χ0) is 14.6. The molecule has 0 fully saturated rings. The fraction of sp³-hybridized carbons (Fsp3) is 0.769. The molecule has 108 valence electrons. The van der Waals surface area contributed by atoms with Gasteiger partial charge in [0.05, 0.1) is 11.6 Å². The van der Waals surface area contributed by atoms with E-state index in [1.807, 2.05) is 17.8 Å². The van der Waals surface area contributed by atoms with Crippen LogP contribution in [0, 0.1) is 5.92 Å². The van der Waals surface area contributed by atoms with E-state index in [0.717, 1.165) is 5.46 Å². The average molecular weight is 267 g/mol. The lowest BCUT2D eigenvalue weighted by molar-refractivity contribution is 0.0371. The first-order valence-electron chi connectivity index (χ1n) is 6.76. The molecule has 6 heteroatoms. The third-order valence-corrected chi connectivity index (χ3v) is 3.70. The summed E-state index contributed by atoms with van der Waals surface area (Å²) in [5.41, 5.74) is 6.29. The molecule has 5 nitrogen and oxygen atoms in total. The summed E-state index contributed by atoms with van der Waals surface area (Å²) in [5.74, 6) is 0.392. The molecule has 1 heterocycles. The van der Waals surface area contributed by atoms with Crippen LogP contribution in [0.25, 0.3) is 0 Å². The predicted octanol–water partition coefficient (Wildman–Crippen LogP) is 1.20. The van der Waals surface area contributed by atoms with E-state index in [2.05, 4.69) is 32.8 Å². The third kappa shape index (κ3) is 4.06. The van der Waals surface area contributed by atoms with Crippen LogP contribution in [-0.4, -0.2) is 36.2 Å². The van der Waals surface area contributed by atoms with E-state index < -0.39 is 7.12 Å². The molecule has 1 unspecified atom stereocenters. The summed E-state index contributed by atoms with van der Waals surface area (Å²) in [5, 5.41) is 4.31. The predicted molar refractivity (Wildman–Crippen MR) is 78.4 cm³/mol. The Balaban J connectivity index is 2.83. The molecule has 0 aromatic carbocycles. The largest absolute Gasteiger partial charge is 0.497 e. The number of nitrogens with two attached hydrogens (primary N) is 1. The Kier molecular flexibility index (Phi) is 5.58. The summed E-state index contributed by atoms with van der Waals surface area (Å²) in [6.45, 7) is 11.0. The Hall–Kier alpha value is -0.845. The Bertz CT molecular complexity index is 393. The van der Waals surface area contributed by atoms with E-state index in [0.29, 0.717) is 12.5 Å². The van der Waals surface area contributed by atoms with Crippen LogP contribution in [0.1, 0.15) is 40.7 Å². The molecule has 0 bridgehead atoms. The van der Waals surface area contributed by atoms with Crippen LogP contribution in [0.5, 0.6) is 0 Å². The smallest absolute Gasteiger partial charge is 0.410 e. The molecule has 1 aromatic heterocycles. The van der Waals surface area contributed by atoms with Crippen molar-refractivity contribution in [3.05, 3.63) is 12.4 Å². The number of rotatable bonds is 7. The van der Waals surface area contributed by atoms with Crippen LogP contribution in [0.2, 0.25) is 0 Å². The van der Waals surface area contributed by atoms with Crippen LogP contribution >= 0.6 is 0 Å². The van der Waals surface area contributed by atoms with Gasteiger partial charge in [0.15, 0.2) is 0 Å². The second-order valence-electron chi connectivity index (χ2n) is 5.78. The topological polar surface area (TPSA) is 62.3 Å². The zero-order valence-corrected chi connectivity index (χ0v) is 12.9. The number of nitrogens with zero attached hydrogens (tertiary/aromatic N) is 2. The van der Waals surface area contributed by atoms with Crippen LogP contribution in [0.4, 0.5) is 0 Å². The Morgan fingerprint density at radius 3 is 2.53 bits per heavy atom. The summed E-state index contributed by atoms with van der Waals surface area (Å²) in [4.78, 5) is 0. The number of hydrogen-bond acceptors (Lipinski definition) is 4. The highest BCUT2D eigenvalue weighted by atomic mass is 16.6. The maximum atomic E-state index is 6.05. The van der Waals surface area contributed by atoms with Crippen molar-refractivity contribution >= 4 is 12.6 Å². The van der Waals surface area contributed by atoms with Crippen molar-refractivity contribution < 1.29 is 9.31 Å². The van der Waals surface area contributed by atoms with E-state index in [-0.39, 0.29) is 11.6 Å². The third-order valence-electron chi connectivity index (χ3n) is 3.70. The maximum absolute atomic E-state index is 6.05. The van der Waals surface area contributed by atoms with E-state index in [1.54, 1.807) is 13.3 Å². The molecule has 0 aliphatic rings. The van der Waals surface area contributed by atoms with Gasteiger partial charge in [-0.3, -0.25) is 4.68 Å². The van der Waals surface area contributed by atoms with Gasteiger partial charge in [-0.05, 0) is 26.7 Å². The van der Waals surface area contributed by atoms with Crippen molar-refractivity contribution in [2.45, 2.75) is 46.3 Å². The maximum Gasteiger partial charge on any atom is 0.497 e. The molecule has 0 aliphatic carbocycles. The fourth-order valence-electron chi connectivity index (χ4n) is 1.49. The van der Waals surface area contributed by atoms with Crippen molar-refractivity contribution in [1.82, 2.24) is 9.78 Å². The van der Waals surface area contributed by atoms with Gasteiger partial charge in [-0.25, -0.2) is 0 Å². The Morgan fingerprint density at radius 2 is 2.05 bits per heavy atom. The lowest BCUT2D eigenvalue weighted by Gasteiger charge is -2.32. The monoisotopic (exact) mass is 267 g/mol. The standard InChI is InChI=1S/C13H26BN3O2/c1-10(2)13(4,5)19-14(18-6)12-8-16-17(9-12)11(3)7-15/h8-11H,7,15H2,1-6H3. The van der Waals surface area contributed by atoms with Gasteiger partial charge in [0.25, 0.3) is 0 Å². The van der Waals surface area contributed by atoms with Gasteiger partial charge in [-0.1, -0.05) is 13.8 Å². The van der Waals surface area contributed by atoms with Gasteiger partial charge in [-0.15, -0.1) is 0 Å². The summed E-state index contributed by atoms with van der Waals surface area (Å²) in [6.07, 6.45) is 3.71. The van der Waals surface area contributed by atoms with Crippen LogP contribution in [0.3, 0.4) is 0 Å².